The molecule has 0 fully saturated rings. The lowest BCUT2D eigenvalue weighted by Gasteiger charge is -2.21. The van der Waals surface area contributed by atoms with Gasteiger partial charge in [0.2, 0.25) is 6.23 Å². The molecule has 13 heavy (non-hydrogen) atoms. The number of hydrogen-bond donors (Lipinski definition) is 1. The van der Waals surface area contributed by atoms with Gasteiger partial charge in [-0.2, -0.15) is 0 Å². The Bertz CT molecular complexity index is 187. The molecule has 1 aliphatic rings. The first-order chi connectivity index (χ1) is 6.36. The number of hydrogen-bond acceptors (Lipinski definition) is 2. The Morgan fingerprint density at radius 3 is 2.77 bits per heavy atom. The molecule has 0 saturated heterocycles. The molecule has 1 radical (unpaired) electrons. The minimum atomic E-state index is 0.538. The van der Waals surface area contributed by atoms with Gasteiger partial charge in [0.25, 0.3) is 0 Å². The highest BCUT2D eigenvalue weighted by Gasteiger charge is 2.13. The van der Waals surface area contributed by atoms with Crippen LogP contribution in [0.3, 0.4) is 0 Å². The van der Waals surface area contributed by atoms with Crippen molar-refractivity contribution in [3.8, 4) is 0 Å². The molecule has 1 N–H and O–H groups in total. The highest BCUT2D eigenvalue weighted by Crippen LogP contribution is 2.11. The summed E-state index contributed by atoms with van der Waals surface area (Å²) in [7, 11) is 0. The second-order valence-corrected chi connectivity index (χ2v) is 3.21. The monoisotopic (exact) mass is 180 g/mol. The standard InChI is InChI=1S/C11H18NO/c1-3-7-10(4-2)12-11-8-5-6-9-13-11/h5-6,8-10,12H,3-4,7H2,1-2H3. The molecular weight excluding hydrogens is 162 g/mol. The smallest absolute Gasteiger partial charge is 0.237 e. The van der Waals surface area contributed by atoms with Crippen LogP contribution in [0.15, 0.2) is 24.5 Å². The van der Waals surface area contributed by atoms with Crippen LogP contribution < -0.4 is 5.32 Å². The topological polar surface area (TPSA) is 21.3 Å². The summed E-state index contributed by atoms with van der Waals surface area (Å²) < 4.78 is 5.29. The molecule has 0 aromatic carbocycles. The summed E-state index contributed by atoms with van der Waals surface area (Å²) in [4.78, 5) is 0. The predicted octanol–water partition coefficient (Wildman–Crippen LogP) is 2.74. The SMILES string of the molecule is CCCC(CC)N[C]1C=CC=CO1. The third-order valence-corrected chi connectivity index (χ3v) is 2.11. The second kappa shape index (κ2) is 5.81. The van der Waals surface area contributed by atoms with Crippen molar-refractivity contribution in [2.45, 2.75) is 39.2 Å². The first-order valence-electron chi connectivity index (χ1n) is 5.00. The predicted molar refractivity (Wildman–Crippen MR) is 54.7 cm³/mol. The Morgan fingerprint density at radius 2 is 2.23 bits per heavy atom. The summed E-state index contributed by atoms with van der Waals surface area (Å²) in [5.74, 6) is 0. The summed E-state index contributed by atoms with van der Waals surface area (Å²) in [6.07, 6.45) is 11.9. The summed E-state index contributed by atoms with van der Waals surface area (Å²) in [6.45, 7) is 4.39. The maximum absolute atomic E-state index is 5.29. The number of allylic oxidation sites excluding steroid dienone is 2. The van der Waals surface area contributed by atoms with Gasteiger partial charge in [0.05, 0.1) is 6.26 Å². The van der Waals surface area contributed by atoms with Crippen LogP contribution in [-0.4, -0.2) is 6.04 Å². The van der Waals surface area contributed by atoms with Gasteiger partial charge in [-0.25, -0.2) is 0 Å². The van der Waals surface area contributed by atoms with E-state index in [0.717, 1.165) is 12.6 Å². The molecule has 2 nitrogen and oxygen atoms in total. The van der Waals surface area contributed by atoms with E-state index in [1.165, 1.54) is 12.8 Å². The average Bonchev–Trinajstić information content (AvgIpc) is 2.19. The summed E-state index contributed by atoms with van der Waals surface area (Å²) in [5.41, 5.74) is 0. The molecule has 0 bridgehead atoms. The van der Waals surface area contributed by atoms with Crippen molar-refractivity contribution in [3.05, 3.63) is 30.7 Å². The molecule has 73 valence electrons. The Labute approximate surface area is 80.7 Å². The van der Waals surface area contributed by atoms with Gasteiger partial charge in [0.15, 0.2) is 0 Å². The molecule has 1 rings (SSSR count). The zero-order valence-electron chi connectivity index (χ0n) is 8.42. The molecule has 0 aromatic heterocycles. The fourth-order valence-corrected chi connectivity index (χ4v) is 1.35. The van der Waals surface area contributed by atoms with E-state index in [1.807, 2.05) is 18.2 Å². The van der Waals surface area contributed by atoms with E-state index >= 15 is 0 Å². The molecule has 0 aromatic rings. The number of ether oxygens (including phenoxy) is 1. The van der Waals surface area contributed by atoms with Crippen molar-refractivity contribution in [2.75, 3.05) is 0 Å². The molecule has 0 saturated carbocycles. The minimum Gasteiger partial charge on any atom is -0.471 e. The lowest BCUT2D eigenvalue weighted by Crippen LogP contribution is -2.32. The van der Waals surface area contributed by atoms with Crippen molar-refractivity contribution in [3.63, 3.8) is 0 Å². The molecule has 1 aliphatic heterocycles. The van der Waals surface area contributed by atoms with Crippen LogP contribution >= 0.6 is 0 Å². The fraction of sp³-hybridized carbons (Fsp3) is 0.545. The van der Waals surface area contributed by atoms with Gasteiger partial charge in [-0.1, -0.05) is 26.3 Å². The first-order valence-corrected chi connectivity index (χ1v) is 5.00. The van der Waals surface area contributed by atoms with E-state index in [1.54, 1.807) is 6.26 Å². The summed E-state index contributed by atoms with van der Waals surface area (Å²) >= 11 is 0. The third kappa shape index (κ3) is 3.64. The van der Waals surface area contributed by atoms with E-state index in [-0.39, 0.29) is 0 Å². The van der Waals surface area contributed by atoms with E-state index in [9.17, 15) is 0 Å². The summed E-state index contributed by atoms with van der Waals surface area (Å²) in [5, 5.41) is 3.36. The van der Waals surface area contributed by atoms with Crippen molar-refractivity contribution < 1.29 is 4.74 Å². The normalized spacial score (nSPS) is 18.6. The van der Waals surface area contributed by atoms with Gasteiger partial charge >= 0.3 is 0 Å². The van der Waals surface area contributed by atoms with Crippen molar-refractivity contribution in [1.82, 2.24) is 5.32 Å². The van der Waals surface area contributed by atoms with Crippen LogP contribution in [0.4, 0.5) is 0 Å². The molecular formula is C11H18NO. The van der Waals surface area contributed by atoms with E-state index < -0.39 is 0 Å². The minimum absolute atomic E-state index is 0.538. The maximum atomic E-state index is 5.29. The molecule has 0 amide bonds. The van der Waals surface area contributed by atoms with Crippen molar-refractivity contribution in [1.29, 1.82) is 0 Å². The Kier molecular flexibility index (Phi) is 4.61. The molecule has 2 heteroatoms. The lowest BCUT2D eigenvalue weighted by molar-refractivity contribution is 0.227. The number of nitrogens with one attached hydrogen (secondary N) is 1. The van der Waals surface area contributed by atoms with Crippen LogP contribution in [0.5, 0.6) is 0 Å². The maximum Gasteiger partial charge on any atom is 0.237 e. The zero-order valence-corrected chi connectivity index (χ0v) is 8.42. The molecule has 1 atom stereocenters. The van der Waals surface area contributed by atoms with Gasteiger partial charge in [0.1, 0.15) is 0 Å². The summed E-state index contributed by atoms with van der Waals surface area (Å²) in [6, 6.07) is 0.538. The third-order valence-electron chi connectivity index (χ3n) is 2.11. The Morgan fingerprint density at radius 1 is 1.38 bits per heavy atom. The Hall–Kier alpha value is -0.760. The second-order valence-electron chi connectivity index (χ2n) is 3.21. The van der Waals surface area contributed by atoms with Gasteiger partial charge in [-0.15, -0.1) is 0 Å². The van der Waals surface area contributed by atoms with Gasteiger partial charge < -0.3 is 4.74 Å². The van der Waals surface area contributed by atoms with Gasteiger partial charge in [-0.3, -0.25) is 5.32 Å². The van der Waals surface area contributed by atoms with E-state index in [4.69, 9.17) is 4.74 Å². The lowest BCUT2D eigenvalue weighted by atomic mass is 10.1. The highest BCUT2D eigenvalue weighted by molar-refractivity contribution is 5.14. The van der Waals surface area contributed by atoms with Crippen molar-refractivity contribution in [2.24, 2.45) is 0 Å². The fourth-order valence-electron chi connectivity index (χ4n) is 1.35. The molecule has 1 heterocycles. The van der Waals surface area contributed by atoms with Gasteiger partial charge in [0, 0.05) is 6.04 Å². The van der Waals surface area contributed by atoms with Crippen molar-refractivity contribution >= 4 is 0 Å². The van der Waals surface area contributed by atoms with Crippen LogP contribution in [0.2, 0.25) is 0 Å². The van der Waals surface area contributed by atoms with E-state index in [0.29, 0.717) is 6.04 Å². The average molecular weight is 180 g/mol. The quantitative estimate of drug-likeness (QED) is 0.702. The van der Waals surface area contributed by atoms with Crippen LogP contribution in [-0.2, 0) is 4.74 Å². The highest BCUT2D eigenvalue weighted by atomic mass is 16.5. The Balaban J connectivity index is 2.28. The molecule has 1 unspecified atom stereocenters. The first kappa shape index (κ1) is 10.3. The largest absolute Gasteiger partial charge is 0.471 e. The number of rotatable bonds is 5. The van der Waals surface area contributed by atoms with Crippen LogP contribution in [0.1, 0.15) is 33.1 Å². The molecule has 0 aliphatic carbocycles. The zero-order chi connectivity index (χ0) is 9.52. The van der Waals surface area contributed by atoms with Crippen LogP contribution in [0, 0.1) is 6.23 Å². The van der Waals surface area contributed by atoms with E-state index in [2.05, 4.69) is 19.2 Å². The van der Waals surface area contributed by atoms with Gasteiger partial charge in [-0.05, 0) is 25.0 Å². The molecule has 0 spiro atoms. The van der Waals surface area contributed by atoms with Crippen LogP contribution in [0.25, 0.3) is 0 Å².